The van der Waals surface area contributed by atoms with Crippen molar-refractivity contribution in [3.8, 4) is 6.07 Å². The molecule has 0 atom stereocenters. The summed E-state index contributed by atoms with van der Waals surface area (Å²) in [6, 6.07) is 5.21. The molecule has 2 rings (SSSR count). The summed E-state index contributed by atoms with van der Waals surface area (Å²) >= 11 is 3.12. The first-order valence-corrected chi connectivity index (χ1v) is 6.72. The molecule has 1 aliphatic heterocycles. The fraction of sp³-hybridized carbons (Fsp3) is 0.462. The highest BCUT2D eigenvalue weighted by atomic mass is 79.9. The van der Waals surface area contributed by atoms with Crippen molar-refractivity contribution in [1.82, 2.24) is 5.32 Å². The first-order chi connectivity index (χ1) is 8.56. The minimum Gasteiger partial charge on any atom is -0.377 e. The Labute approximate surface area is 115 Å². The standard InChI is InChI=1S/C13H15BrFN3/c1-13(4-6-17-7-5-13)18-10-3-2-9(8-16)11(14)12(10)15/h2-3,17-18H,4-7H2,1H3. The van der Waals surface area contributed by atoms with Gasteiger partial charge in [-0.3, -0.25) is 0 Å². The molecule has 5 heteroatoms. The Balaban J connectivity index is 2.24. The van der Waals surface area contributed by atoms with Gasteiger partial charge in [0.15, 0.2) is 5.82 Å². The van der Waals surface area contributed by atoms with Crippen molar-refractivity contribution in [2.75, 3.05) is 18.4 Å². The third kappa shape index (κ3) is 2.65. The van der Waals surface area contributed by atoms with E-state index in [0.29, 0.717) is 11.3 Å². The number of nitrogens with one attached hydrogen (secondary N) is 2. The molecule has 0 saturated carbocycles. The number of anilines is 1. The second kappa shape index (κ2) is 5.25. The van der Waals surface area contributed by atoms with Gasteiger partial charge in [0.2, 0.25) is 0 Å². The lowest BCUT2D eigenvalue weighted by molar-refractivity contribution is 0.363. The van der Waals surface area contributed by atoms with Crippen LogP contribution in [0.1, 0.15) is 25.3 Å². The highest BCUT2D eigenvalue weighted by molar-refractivity contribution is 9.10. The third-order valence-electron chi connectivity index (χ3n) is 3.35. The van der Waals surface area contributed by atoms with Gasteiger partial charge in [0.1, 0.15) is 6.07 Å². The first kappa shape index (κ1) is 13.3. The predicted octanol–water partition coefficient (Wildman–Crippen LogP) is 3.01. The van der Waals surface area contributed by atoms with Crippen LogP contribution in [-0.4, -0.2) is 18.6 Å². The summed E-state index contributed by atoms with van der Waals surface area (Å²) in [5.74, 6) is -0.395. The minimum absolute atomic E-state index is 0.0975. The Morgan fingerprint density at radius 2 is 2.11 bits per heavy atom. The van der Waals surface area contributed by atoms with Crippen LogP contribution in [0, 0.1) is 17.1 Å². The van der Waals surface area contributed by atoms with E-state index in [0.717, 1.165) is 25.9 Å². The van der Waals surface area contributed by atoms with Crippen molar-refractivity contribution >= 4 is 21.6 Å². The molecular weight excluding hydrogens is 297 g/mol. The molecular formula is C13H15BrFN3. The Hall–Kier alpha value is -1.12. The summed E-state index contributed by atoms with van der Waals surface area (Å²) in [5, 5.41) is 15.4. The van der Waals surface area contributed by atoms with Gasteiger partial charge in [-0.05, 0) is 60.9 Å². The maximum absolute atomic E-state index is 14.1. The molecule has 1 aliphatic rings. The van der Waals surface area contributed by atoms with Crippen LogP contribution in [0.25, 0.3) is 0 Å². The van der Waals surface area contributed by atoms with Gasteiger partial charge < -0.3 is 10.6 Å². The molecule has 0 aromatic heterocycles. The fourth-order valence-corrected chi connectivity index (χ4v) is 2.60. The number of benzene rings is 1. The summed E-state index contributed by atoms with van der Waals surface area (Å²) in [6.45, 7) is 3.96. The van der Waals surface area contributed by atoms with Crippen molar-refractivity contribution in [1.29, 1.82) is 5.26 Å². The topological polar surface area (TPSA) is 47.9 Å². The summed E-state index contributed by atoms with van der Waals surface area (Å²) in [5.41, 5.74) is 0.665. The lowest BCUT2D eigenvalue weighted by Gasteiger charge is -2.36. The molecule has 2 N–H and O–H groups in total. The average molecular weight is 312 g/mol. The van der Waals surface area contributed by atoms with Gasteiger partial charge in [-0.1, -0.05) is 0 Å². The van der Waals surface area contributed by atoms with E-state index in [4.69, 9.17) is 5.26 Å². The summed E-state index contributed by atoms with van der Waals surface area (Å²) in [4.78, 5) is 0. The maximum Gasteiger partial charge on any atom is 0.161 e. The SMILES string of the molecule is CC1(Nc2ccc(C#N)c(Br)c2F)CCNCC1. The molecule has 0 radical (unpaired) electrons. The van der Waals surface area contributed by atoms with Crippen LogP contribution in [0.15, 0.2) is 16.6 Å². The molecule has 0 unspecified atom stereocenters. The van der Waals surface area contributed by atoms with Crippen LogP contribution in [0.3, 0.4) is 0 Å². The molecule has 3 nitrogen and oxygen atoms in total. The van der Waals surface area contributed by atoms with Crippen LogP contribution in [0.5, 0.6) is 0 Å². The van der Waals surface area contributed by atoms with E-state index >= 15 is 0 Å². The predicted molar refractivity (Wildman–Crippen MR) is 72.9 cm³/mol. The number of nitriles is 1. The van der Waals surface area contributed by atoms with Crippen molar-refractivity contribution in [3.05, 3.63) is 28.0 Å². The van der Waals surface area contributed by atoms with Gasteiger partial charge in [-0.15, -0.1) is 0 Å². The molecule has 1 fully saturated rings. The summed E-state index contributed by atoms with van der Waals surface area (Å²) < 4.78 is 14.3. The molecule has 0 bridgehead atoms. The number of halogens is 2. The normalized spacial score (nSPS) is 18.1. The number of hydrogen-bond acceptors (Lipinski definition) is 3. The van der Waals surface area contributed by atoms with E-state index in [-0.39, 0.29) is 10.0 Å². The van der Waals surface area contributed by atoms with Crippen LogP contribution < -0.4 is 10.6 Å². The molecule has 1 aromatic carbocycles. The van der Waals surface area contributed by atoms with Crippen LogP contribution in [0.4, 0.5) is 10.1 Å². The molecule has 1 aromatic rings. The summed E-state index contributed by atoms with van der Waals surface area (Å²) in [7, 11) is 0. The number of piperidine rings is 1. The largest absolute Gasteiger partial charge is 0.377 e. The third-order valence-corrected chi connectivity index (χ3v) is 4.12. The smallest absolute Gasteiger partial charge is 0.161 e. The second-order valence-electron chi connectivity index (χ2n) is 4.84. The van der Waals surface area contributed by atoms with Gasteiger partial charge in [-0.25, -0.2) is 4.39 Å². The lowest BCUT2D eigenvalue weighted by atomic mass is 9.90. The molecule has 96 valence electrons. The van der Waals surface area contributed by atoms with E-state index in [1.54, 1.807) is 12.1 Å². The fourth-order valence-electron chi connectivity index (χ4n) is 2.16. The van der Waals surface area contributed by atoms with Crippen molar-refractivity contribution in [3.63, 3.8) is 0 Å². The minimum atomic E-state index is -0.395. The molecule has 0 spiro atoms. The van der Waals surface area contributed by atoms with E-state index in [2.05, 4.69) is 33.5 Å². The molecule has 1 heterocycles. The second-order valence-corrected chi connectivity index (χ2v) is 5.63. The molecule has 0 aliphatic carbocycles. The quantitative estimate of drug-likeness (QED) is 0.882. The highest BCUT2D eigenvalue weighted by Gasteiger charge is 2.27. The number of hydrogen-bond donors (Lipinski definition) is 2. The average Bonchev–Trinajstić information content (AvgIpc) is 2.36. The van der Waals surface area contributed by atoms with Crippen LogP contribution in [-0.2, 0) is 0 Å². The molecule has 0 amide bonds. The van der Waals surface area contributed by atoms with Gasteiger partial charge in [-0.2, -0.15) is 5.26 Å². The zero-order valence-electron chi connectivity index (χ0n) is 10.2. The Morgan fingerprint density at radius 1 is 1.44 bits per heavy atom. The van der Waals surface area contributed by atoms with Gasteiger partial charge in [0, 0.05) is 5.54 Å². The lowest BCUT2D eigenvalue weighted by Crippen LogP contribution is -2.45. The van der Waals surface area contributed by atoms with Crippen molar-refractivity contribution in [2.45, 2.75) is 25.3 Å². The van der Waals surface area contributed by atoms with E-state index in [1.165, 1.54) is 0 Å². The Bertz CT molecular complexity index is 490. The van der Waals surface area contributed by atoms with Crippen LogP contribution in [0.2, 0.25) is 0 Å². The van der Waals surface area contributed by atoms with Gasteiger partial charge in [0.05, 0.1) is 15.7 Å². The van der Waals surface area contributed by atoms with Gasteiger partial charge >= 0.3 is 0 Å². The monoisotopic (exact) mass is 311 g/mol. The van der Waals surface area contributed by atoms with Crippen molar-refractivity contribution < 1.29 is 4.39 Å². The zero-order valence-corrected chi connectivity index (χ0v) is 11.8. The number of nitrogens with zero attached hydrogens (tertiary/aromatic N) is 1. The summed E-state index contributed by atoms with van der Waals surface area (Å²) in [6.07, 6.45) is 1.90. The molecule has 1 saturated heterocycles. The van der Waals surface area contributed by atoms with Gasteiger partial charge in [0.25, 0.3) is 0 Å². The highest BCUT2D eigenvalue weighted by Crippen LogP contribution is 2.30. The van der Waals surface area contributed by atoms with E-state index in [1.807, 2.05) is 6.07 Å². The molecule has 18 heavy (non-hydrogen) atoms. The maximum atomic E-state index is 14.1. The zero-order chi connectivity index (χ0) is 13.2. The van der Waals surface area contributed by atoms with E-state index in [9.17, 15) is 4.39 Å². The first-order valence-electron chi connectivity index (χ1n) is 5.93. The van der Waals surface area contributed by atoms with E-state index < -0.39 is 5.82 Å². The number of rotatable bonds is 2. The van der Waals surface area contributed by atoms with Crippen molar-refractivity contribution in [2.24, 2.45) is 0 Å². The van der Waals surface area contributed by atoms with Crippen LogP contribution >= 0.6 is 15.9 Å². The Kier molecular flexibility index (Phi) is 3.88. The Morgan fingerprint density at radius 3 is 2.72 bits per heavy atom.